The van der Waals surface area contributed by atoms with Crippen molar-refractivity contribution in [3.63, 3.8) is 0 Å². The molecule has 3 aromatic rings. The van der Waals surface area contributed by atoms with Crippen molar-refractivity contribution < 1.29 is 9.53 Å². The van der Waals surface area contributed by atoms with Crippen molar-refractivity contribution >= 4 is 34.4 Å². The molecule has 4 rings (SSSR count). The van der Waals surface area contributed by atoms with E-state index in [-0.39, 0.29) is 5.91 Å². The molecule has 27 heavy (non-hydrogen) atoms. The number of carbonyl (C=O) groups is 1. The monoisotopic (exact) mass is 400 g/mol. The van der Waals surface area contributed by atoms with E-state index in [1.807, 2.05) is 35.2 Å². The van der Waals surface area contributed by atoms with Crippen molar-refractivity contribution in [1.29, 1.82) is 0 Å². The number of anilines is 1. The zero-order valence-electron chi connectivity index (χ0n) is 14.8. The third-order valence-corrected chi connectivity index (χ3v) is 5.92. The molecule has 0 unspecified atom stereocenters. The average Bonchev–Trinajstić information content (AvgIpc) is 3.39. The molecular formula is C19H20N4O2S2. The van der Waals surface area contributed by atoms with Gasteiger partial charge in [0.05, 0.1) is 25.3 Å². The summed E-state index contributed by atoms with van der Waals surface area (Å²) in [6.45, 7) is 3.68. The molecule has 0 atom stereocenters. The van der Waals surface area contributed by atoms with Gasteiger partial charge in [0.1, 0.15) is 10.8 Å². The summed E-state index contributed by atoms with van der Waals surface area (Å²) in [5.41, 5.74) is 2.90. The number of hydrogen-bond donors (Lipinski definition) is 1. The first-order valence-corrected chi connectivity index (χ1v) is 10.6. The maximum Gasteiger partial charge on any atom is 0.226 e. The minimum atomic E-state index is -0.0329. The van der Waals surface area contributed by atoms with Crippen LogP contribution in [0.25, 0.3) is 10.6 Å². The van der Waals surface area contributed by atoms with Gasteiger partial charge in [0.2, 0.25) is 5.91 Å². The molecule has 0 saturated carbocycles. The van der Waals surface area contributed by atoms with Crippen LogP contribution >= 0.6 is 22.7 Å². The number of hydrogen-bond acceptors (Lipinski definition) is 7. The number of carbonyl (C=O) groups excluding carboxylic acids is 1. The van der Waals surface area contributed by atoms with Gasteiger partial charge in [-0.15, -0.1) is 11.3 Å². The molecule has 0 bridgehead atoms. The van der Waals surface area contributed by atoms with E-state index in [9.17, 15) is 4.79 Å². The van der Waals surface area contributed by atoms with Crippen LogP contribution in [0.5, 0.6) is 0 Å². The summed E-state index contributed by atoms with van der Waals surface area (Å²) >= 11 is 3.22. The summed E-state index contributed by atoms with van der Waals surface area (Å²) in [4.78, 5) is 23.5. The van der Waals surface area contributed by atoms with Gasteiger partial charge in [0, 0.05) is 42.2 Å². The Kier molecular flexibility index (Phi) is 5.76. The molecule has 3 aromatic heterocycles. The molecule has 0 aliphatic carbocycles. The highest BCUT2D eigenvalue weighted by atomic mass is 32.1. The van der Waals surface area contributed by atoms with Gasteiger partial charge in [-0.1, -0.05) is 6.07 Å². The zero-order chi connectivity index (χ0) is 18.5. The number of aromatic nitrogens is 2. The SMILES string of the molecule is O=C(Cc1csc(-c2ccsc2)n1)NCc1ccc(N2CCOCC2)nc1. The predicted molar refractivity (Wildman–Crippen MR) is 108 cm³/mol. The van der Waals surface area contributed by atoms with Crippen molar-refractivity contribution in [2.75, 3.05) is 31.2 Å². The Morgan fingerprint density at radius 3 is 2.85 bits per heavy atom. The summed E-state index contributed by atoms with van der Waals surface area (Å²) in [5.74, 6) is 0.922. The minimum Gasteiger partial charge on any atom is -0.378 e. The second kappa shape index (κ2) is 8.60. The standard InChI is InChI=1S/C19H20N4O2S2/c24-18(9-16-13-27-19(22-16)15-3-8-26-12-15)21-11-14-1-2-17(20-10-14)23-4-6-25-7-5-23/h1-3,8,10,12-13H,4-7,9,11H2,(H,21,24). The number of morpholine rings is 1. The number of nitrogens with one attached hydrogen (secondary N) is 1. The van der Waals surface area contributed by atoms with Crippen LogP contribution < -0.4 is 10.2 Å². The van der Waals surface area contributed by atoms with E-state index < -0.39 is 0 Å². The summed E-state index contributed by atoms with van der Waals surface area (Å²) in [5, 5.41) is 9.95. The first-order chi connectivity index (χ1) is 13.3. The van der Waals surface area contributed by atoms with Gasteiger partial charge in [-0.3, -0.25) is 4.79 Å². The van der Waals surface area contributed by atoms with Crippen molar-refractivity contribution in [3.05, 3.63) is 51.8 Å². The molecule has 8 heteroatoms. The first kappa shape index (κ1) is 18.1. The molecule has 1 saturated heterocycles. The fourth-order valence-corrected chi connectivity index (χ4v) is 4.37. The molecule has 1 fully saturated rings. The second-order valence-electron chi connectivity index (χ2n) is 6.23. The molecule has 1 amide bonds. The Bertz CT molecular complexity index is 872. The number of amides is 1. The quantitative estimate of drug-likeness (QED) is 0.689. The lowest BCUT2D eigenvalue weighted by atomic mass is 10.2. The fraction of sp³-hybridized carbons (Fsp3) is 0.316. The smallest absolute Gasteiger partial charge is 0.226 e. The highest BCUT2D eigenvalue weighted by Crippen LogP contribution is 2.25. The van der Waals surface area contributed by atoms with E-state index in [2.05, 4.69) is 25.6 Å². The van der Waals surface area contributed by atoms with Gasteiger partial charge in [-0.05, 0) is 23.1 Å². The van der Waals surface area contributed by atoms with Crippen LogP contribution in [0.4, 0.5) is 5.82 Å². The molecule has 0 radical (unpaired) electrons. The average molecular weight is 401 g/mol. The largest absolute Gasteiger partial charge is 0.378 e. The lowest BCUT2D eigenvalue weighted by molar-refractivity contribution is -0.120. The van der Waals surface area contributed by atoms with Crippen molar-refractivity contribution in [1.82, 2.24) is 15.3 Å². The summed E-state index contributed by atoms with van der Waals surface area (Å²) in [6, 6.07) is 6.05. The number of nitrogens with zero attached hydrogens (tertiary/aromatic N) is 3. The van der Waals surface area contributed by atoms with Gasteiger partial charge >= 0.3 is 0 Å². The number of ether oxygens (including phenoxy) is 1. The Labute approximate surface area is 165 Å². The number of pyridine rings is 1. The summed E-state index contributed by atoms with van der Waals surface area (Å²) in [7, 11) is 0. The predicted octanol–water partition coefficient (Wildman–Crippen LogP) is 2.96. The maximum atomic E-state index is 12.2. The Hall–Kier alpha value is -2.29. The first-order valence-electron chi connectivity index (χ1n) is 8.79. The Balaban J connectivity index is 1.27. The lowest BCUT2D eigenvalue weighted by Gasteiger charge is -2.27. The molecule has 6 nitrogen and oxygen atoms in total. The van der Waals surface area contributed by atoms with Crippen LogP contribution in [0.3, 0.4) is 0 Å². The van der Waals surface area contributed by atoms with Crippen LogP contribution in [0.1, 0.15) is 11.3 Å². The van der Waals surface area contributed by atoms with Gasteiger partial charge in [0.15, 0.2) is 0 Å². The molecule has 140 valence electrons. The molecule has 0 aromatic carbocycles. The van der Waals surface area contributed by atoms with E-state index >= 15 is 0 Å². The van der Waals surface area contributed by atoms with E-state index in [4.69, 9.17) is 4.74 Å². The third-order valence-electron chi connectivity index (χ3n) is 4.30. The van der Waals surface area contributed by atoms with Gasteiger partial charge in [-0.2, -0.15) is 11.3 Å². The van der Waals surface area contributed by atoms with Crippen molar-refractivity contribution in [2.24, 2.45) is 0 Å². The molecule has 4 heterocycles. The van der Waals surface area contributed by atoms with Crippen molar-refractivity contribution in [2.45, 2.75) is 13.0 Å². The minimum absolute atomic E-state index is 0.0329. The van der Waals surface area contributed by atoms with Gasteiger partial charge < -0.3 is 15.0 Å². The summed E-state index contributed by atoms with van der Waals surface area (Å²) < 4.78 is 5.36. The van der Waals surface area contributed by atoms with E-state index in [0.29, 0.717) is 13.0 Å². The third kappa shape index (κ3) is 4.71. The van der Waals surface area contributed by atoms with Gasteiger partial charge in [0.25, 0.3) is 0 Å². The van der Waals surface area contributed by atoms with Crippen LogP contribution in [0.15, 0.2) is 40.5 Å². The number of thiazole rings is 1. The number of rotatable bonds is 6. The molecule has 1 aliphatic heterocycles. The molecule has 1 aliphatic rings. The van der Waals surface area contributed by atoms with Gasteiger partial charge in [-0.25, -0.2) is 9.97 Å². The van der Waals surface area contributed by atoms with E-state index in [1.165, 1.54) is 0 Å². The highest BCUT2D eigenvalue weighted by Gasteiger charge is 2.12. The zero-order valence-corrected chi connectivity index (χ0v) is 16.4. The molecule has 1 N–H and O–H groups in total. The molecular weight excluding hydrogens is 380 g/mol. The lowest BCUT2D eigenvalue weighted by Crippen LogP contribution is -2.36. The Morgan fingerprint density at radius 2 is 2.11 bits per heavy atom. The Morgan fingerprint density at radius 1 is 1.22 bits per heavy atom. The molecule has 0 spiro atoms. The normalized spacial score (nSPS) is 14.3. The second-order valence-corrected chi connectivity index (χ2v) is 7.87. The van der Waals surface area contributed by atoms with Crippen LogP contribution in [-0.2, 0) is 22.5 Å². The maximum absolute atomic E-state index is 12.2. The topological polar surface area (TPSA) is 67.4 Å². The van der Waals surface area contributed by atoms with Crippen LogP contribution in [0.2, 0.25) is 0 Å². The van der Waals surface area contributed by atoms with E-state index in [0.717, 1.165) is 53.9 Å². The fourth-order valence-electron chi connectivity index (χ4n) is 2.84. The van der Waals surface area contributed by atoms with E-state index in [1.54, 1.807) is 22.7 Å². The van der Waals surface area contributed by atoms with Crippen LogP contribution in [-0.4, -0.2) is 42.2 Å². The van der Waals surface area contributed by atoms with Crippen molar-refractivity contribution in [3.8, 4) is 10.6 Å². The summed E-state index contributed by atoms with van der Waals surface area (Å²) in [6.07, 6.45) is 2.11. The van der Waals surface area contributed by atoms with Crippen LogP contribution in [0, 0.1) is 0 Å². The highest BCUT2D eigenvalue weighted by molar-refractivity contribution is 7.14. The number of thiophene rings is 1.